The molecule has 0 spiro atoms. The van der Waals surface area contributed by atoms with Crippen LogP contribution in [0, 0.1) is 0 Å². The van der Waals surface area contributed by atoms with Gasteiger partial charge < -0.3 is 15.0 Å². The zero-order valence-corrected chi connectivity index (χ0v) is 20.3. The Labute approximate surface area is 201 Å². The lowest BCUT2D eigenvalue weighted by atomic mass is 10.1. The van der Waals surface area contributed by atoms with Crippen molar-refractivity contribution in [3.63, 3.8) is 0 Å². The summed E-state index contributed by atoms with van der Waals surface area (Å²) < 4.78 is 6.47. The van der Waals surface area contributed by atoms with Crippen molar-refractivity contribution >= 4 is 50.9 Å². The molecule has 1 N–H and O–H groups in total. The molecular formula is C23H25BrCl2N2O3. The maximum atomic E-state index is 13.1. The van der Waals surface area contributed by atoms with Crippen molar-refractivity contribution < 1.29 is 14.3 Å². The largest absolute Gasteiger partial charge is 0.482 e. The van der Waals surface area contributed by atoms with E-state index in [1.54, 1.807) is 37.3 Å². The van der Waals surface area contributed by atoms with Crippen LogP contribution >= 0.6 is 39.1 Å². The number of nitrogens with one attached hydrogen (secondary N) is 1. The highest BCUT2D eigenvalue weighted by Crippen LogP contribution is 2.28. The summed E-state index contributed by atoms with van der Waals surface area (Å²) in [5, 5.41) is 4.05. The second-order valence-electron chi connectivity index (χ2n) is 7.68. The van der Waals surface area contributed by atoms with E-state index in [0.717, 1.165) is 35.7 Å². The first-order chi connectivity index (χ1) is 14.8. The van der Waals surface area contributed by atoms with Crippen LogP contribution in [0.5, 0.6) is 5.75 Å². The average molecular weight is 528 g/mol. The number of carbonyl (C=O) groups is 2. The van der Waals surface area contributed by atoms with Crippen LogP contribution in [0.2, 0.25) is 10.0 Å². The molecule has 166 valence electrons. The third-order valence-electron chi connectivity index (χ3n) is 5.36. The highest BCUT2D eigenvalue weighted by molar-refractivity contribution is 9.10. The molecule has 0 aliphatic heterocycles. The Kier molecular flexibility index (Phi) is 8.64. The zero-order chi connectivity index (χ0) is 22.4. The number of benzene rings is 2. The summed E-state index contributed by atoms with van der Waals surface area (Å²) in [6.07, 6.45) is 4.19. The Hall–Kier alpha value is -1.76. The van der Waals surface area contributed by atoms with Crippen molar-refractivity contribution in [2.75, 3.05) is 6.61 Å². The fraction of sp³-hybridized carbons (Fsp3) is 0.391. The van der Waals surface area contributed by atoms with Gasteiger partial charge in [-0.15, -0.1) is 0 Å². The van der Waals surface area contributed by atoms with Gasteiger partial charge in [0.05, 0.1) is 5.02 Å². The zero-order valence-electron chi connectivity index (χ0n) is 17.2. The first-order valence-corrected chi connectivity index (χ1v) is 11.8. The minimum absolute atomic E-state index is 0.163. The Morgan fingerprint density at radius 2 is 1.94 bits per heavy atom. The van der Waals surface area contributed by atoms with Gasteiger partial charge in [-0.3, -0.25) is 9.59 Å². The van der Waals surface area contributed by atoms with Crippen LogP contribution < -0.4 is 10.1 Å². The van der Waals surface area contributed by atoms with E-state index in [9.17, 15) is 9.59 Å². The van der Waals surface area contributed by atoms with Gasteiger partial charge >= 0.3 is 0 Å². The summed E-state index contributed by atoms with van der Waals surface area (Å²) in [7, 11) is 0. The SMILES string of the molecule is C[C@@H](C(=O)NC1CCCC1)N(Cc1cccc(Cl)c1)C(=O)COc1ccc(Br)cc1Cl. The lowest BCUT2D eigenvalue weighted by Crippen LogP contribution is -2.50. The molecule has 8 heteroatoms. The molecule has 5 nitrogen and oxygen atoms in total. The summed E-state index contributed by atoms with van der Waals surface area (Å²) in [6, 6.07) is 11.9. The van der Waals surface area contributed by atoms with Crippen LogP contribution in [-0.2, 0) is 16.1 Å². The van der Waals surface area contributed by atoms with Crippen LogP contribution in [0.25, 0.3) is 0 Å². The van der Waals surface area contributed by atoms with Crippen molar-refractivity contribution in [3.8, 4) is 5.75 Å². The van der Waals surface area contributed by atoms with Crippen LogP contribution in [-0.4, -0.2) is 35.4 Å². The Morgan fingerprint density at radius 1 is 1.19 bits per heavy atom. The van der Waals surface area contributed by atoms with Crippen LogP contribution in [0.3, 0.4) is 0 Å². The van der Waals surface area contributed by atoms with Gasteiger partial charge in [-0.2, -0.15) is 0 Å². The molecule has 2 amide bonds. The molecule has 31 heavy (non-hydrogen) atoms. The van der Waals surface area contributed by atoms with E-state index in [1.807, 2.05) is 12.1 Å². The molecule has 2 aromatic carbocycles. The van der Waals surface area contributed by atoms with Gasteiger partial charge in [0.15, 0.2) is 6.61 Å². The summed E-state index contributed by atoms with van der Waals surface area (Å²) in [4.78, 5) is 27.5. The van der Waals surface area contributed by atoms with Crippen molar-refractivity contribution in [1.82, 2.24) is 10.2 Å². The molecule has 3 rings (SSSR count). The molecule has 0 heterocycles. The maximum Gasteiger partial charge on any atom is 0.261 e. The Bertz CT molecular complexity index is 935. The molecular weight excluding hydrogens is 503 g/mol. The van der Waals surface area contributed by atoms with Crippen molar-refractivity contribution in [3.05, 3.63) is 62.5 Å². The number of hydrogen-bond acceptors (Lipinski definition) is 3. The van der Waals surface area contributed by atoms with Gasteiger partial charge in [0.25, 0.3) is 5.91 Å². The van der Waals surface area contributed by atoms with E-state index in [4.69, 9.17) is 27.9 Å². The lowest BCUT2D eigenvalue weighted by molar-refractivity contribution is -0.142. The van der Waals surface area contributed by atoms with Gasteiger partial charge in [0.2, 0.25) is 5.91 Å². The number of nitrogens with zero attached hydrogens (tertiary/aromatic N) is 1. The van der Waals surface area contributed by atoms with Gasteiger partial charge in [-0.25, -0.2) is 0 Å². The molecule has 2 aromatic rings. The number of carbonyl (C=O) groups excluding carboxylic acids is 2. The second kappa shape index (κ2) is 11.2. The van der Waals surface area contributed by atoms with E-state index in [2.05, 4.69) is 21.2 Å². The standard InChI is InChI=1S/C23H25BrCl2N2O3/c1-15(23(30)27-19-7-2-3-8-19)28(13-16-5-4-6-18(25)11-16)22(29)14-31-21-10-9-17(24)12-20(21)26/h4-6,9-12,15,19H,2-3,7-8,13-14H2,1H3,(H,27,30)/t15-/m0/s1. The average Bonchev–Trinajstić information content (AvgIpc) is 3.23. The predicted octanol–water partition coefficient (Wildman–Crippen LogP) is 5.61. The van der Waals surface area contributed by atoms with Crippen LogP contribution in [0.4, 0.5) is 0 Å². The minimum atomic E-state index is -0.656. The highest BCUT2D eigenvalue weighted by atomic mass is 79.9. The number of ether oxygens (including phenoxy) is 1. The smallest absolute Gasteiger partial charge is 0.261 e. The number of rotatable bonds is 8. The van der Waals surface area contributed by atoms with E-state index < -0.39 is 6.04 Å². The van der Waals surface area contributed by atoms with E-state index in [0.29, 0.717) is 15.8 Å². The van der Waals surface area contributed by atoms with E-state index in [1.165, 1.54) is 4.90 Å². The van der Waals surface area contributed by atoms with Crippen molar-refractivity contribution in [2.45, 2.75) is 51.2 Å². The molecule has 0 unspecified atom stereocenters. The number of hydrogen-bond donors (Lipinski definition) is 1. The molecule has 1 fully saturated rings. The van der Waals surface area contributed by atoms with Gasteiger partial charge in [-0.1, -0.05) is 64.1 Å². The fourth-order valence-electron chi connectivity index (χ4n) is 3.62. The third-order valence-corrected chi connectivity index (χ3v) is 6.38. The summed E-state index contributed by atoms with van der Waals surface area (Å²) >= 11 is 15.6. The highest BCUT2D eigenvalue weighted by Gasteiger charge is 2.29. The Balaban J connectivity index is 1.73. The summed E-state index contributed by atoms with van der Waals surface area (Å²) in [6.45, 7) is 1.75. The first kappa shape index (κ1) is 23.9. The lowest BCUT2D eigenvalue weighted by Gasteiger charge is -2.29. The number of halogens is 3. The predicted molar refractivity (Wildman–Crippen MR) is 127 cm³/mol. The normalized spacial score (nSPS) is 14.8. The van der Waals surface area contributed by atoms with Crippen LogP contribution in [0.1, 0.15) is 38.2 Å². The molecule has 1 aliphatic carbocycles. The third kappa shape index (κ3) is 6.86. The van der Waals surface area contributed by atoms with E-state index in [-0.39, 0.29) is 31.0 Å². The molecule has 1 atom stereocenters. The van der Waals surface area contributed by atoms with Gasteiger partial charge in [0.1, 0.15) is 11.8 Å². The molecule has 1 saturated carbocycles. The van der Waals surface area contributed by atoms with Gasteiger partial charge in [-0.05, 0) is 55.7 Å². The Morgan fingerprint density at radius 3 is 2.61 bits per heavy atom. The molecule has 1 aliphatic rings. The summed E-state index contributed by atoms with van der Waals surface area (Å²) in [5.41, 5.74) is 0.836. The fourth-order valence-corrected chi connectivity index (χ4v) is 4.56. The minimum Gasteiger partial charge on any atom is -0.482 e. The van der Waals surface area contributed by atoms with Crippen LogP contribution in [0.15, 0.2) is 46.9 Å². The topological polar surface area (TPSA) is 58.6 Å². The summed E-state index contributed by atoms with van der Waals surface area (Å²) in [5.74, 6) is -0.0685. The molecule has 0 radical (unpaired) electrons. The first-order valence-electron chi connectivity index (χ1n) is 10.3. The van der Waals surface area contributed by atoms with Crippen molar-refractivity contribution in [1.29, 1.82) is 0 Å². The number of amides is 2. The maximum absolute atomic E-state index is 13.1. The molecule has 0 saturated heterocycles. The second-order valence-corrected chi connectivity index (χ2v) is 9.44. The quantitative estimate of drug-likeness (QED) is 0.485. The van der Waals surface area contributed by atoms with Gasteiger partial charge in [0, 0.05) is 22.1 Å². The monoisotopic (exact) mass is 526 g/mol. The molecule has 0 aromatic heterocycles. The van der Waals surface area contributed by atoms with E-state index >= 15 is 0 Å². The molecule has 0 bridgehead atoms. The van der Waals surface area contributed by atoms with Crippen molar-refractivity contribution in [2.24, 2.45) is 0 Å².